The molecule has 4 rings (SSSR count). The van der Waals surface area contributed by atoms with Crippen molar-refractivity contribution in [3.8, 4) is 11.4 Å². The molecule has 0 spiro atoms. The molecule has 0 radical (unpaired) electrons. The van der Waals surface area contributed by atoms with Crippen LogP contribution in [-0.2, 0) is 4.79 Å². The molecule has 158 valence electrons. The first-order chi connectivity index (χ1) is 14.6. The smallest absolute Gasteiger partial charge is 0.222 e. The Bertz CT molecular complexity index is 1010. The molecule has 0 bridgehead atoms. The molecule has 1 amide bonds. The first kappa shape index (κ1) is 20.1. The van der Waals surface area contributed by atoms with Crippen LogP contribution in [0.25, 0.3) is 16.9 Å². The Balaban J connectivity index is 1.53. The number of carbonyl (C=O) groups is 1. The second-order valence-corrected chi connectivity index (χ2v) is 7.76. The maximum Gasteiger partial charge on any atom is 0.222 e. The highest BCUT2D eigenvalue weighted by atomic mass is 16.5. The zero-order valence-electron chi connectivity index (χ0n) is 17.7. The highest BCUT2D eigenvalue weighted by Gasteiger charge is 2.25. The third kappa shape index (κ3) is 4.05. The van der Waals surface area contributed by atoms with Crippen molar-refractivity contribution in [2.45, 2.75) is 27.2 Å². The Labute approximate surface area is 175 Å². The molecule has 3 heterocycles. The predicted molar refractivity (Wildman–Crippen MR) is 114 cm³/mol. The van der Waals surface area contributed by atoms with E-state index >= 15 is 0 Å². The Morgan fingerprint density at radius 2 is 1.83 bits per heavy atom. The lowest BCUT2D eigenvalue weighted by molar-refractivity contribution is -0.132. The summed E-state index contributed by atoms with van der Waals surface area (Å²) in [5.74, 6) is 2.16. The van der Waals surface area contributed by atoms with Crippen LogP contribution in [0.1, 0.15) is 27.2 Å². The molecule has 9 nitrogen and oxygen atoms in total. The Morgan fingerprint density at radius 3 is 2.50 bits per heavy atom. The average molecular weight is 409 g/mol. The first-order valence-corrected chi connectivity index (χ1v) is 10.4. The average Bonchev–Trinajstić information content (AvgIpc) is 3.18. The number of anilines is 1. The van der Waals surface area contributed by atoms with Crippen molar-refractivity contribution in [2.24, 2.45) is 5.92 Å². The fraction of sp³-hybridized carbons (Fsp3) is 0.476. The number of fused-ring (bicyclic) bond motifs is 1. The molecule has 1 saturated heterocycles. The summed E-state index contributed by atoms with van der Waals surface area (Å²) in [6.45, 7) is 9.51. The molecule has 0 N–H and O–H groups in total. The molecule has 1 fully saturated rings. The van der Waals surface area contributed by atoms with E-state index in [-0.39, 0.29) is 5.91 Å². The van der Waals surface area contributed by atoms with Gasteiger partial charge in [-0.15, -0.1) is 5.10 Å². The molecule has 9 heteroatoms. The summed E-state index contributed by atoms with van der Waals surface area (Å²) in [5.41, 5.74) is 2.17. The number of aromatic nitrogens is 5. The van der Waals surface area contributed by atoms with Gasteiger partial charge < -0.3 is 14.5 Å². The van der Waals surface area contributed by atoms with Gasteiger partial charge in [0.2, 0.25) is 5.91 Å². The lowest BCUT2D eigenvalue weighted by Gasteiger charge is -2.35. The number of ether oxygens (including phenoxy) is 1. The molecule has 1 aliphatic rings. The van der Waals surface area contributed by atoms with Crippen LogP contribution in [0.15, 0.2) is 30.6 Å². The molecule has 0 unspecified atom stereocenters. The Kier molecular flexibility index (Phi) is 5.78. The van der Waals surface area contributed by atoms with Crippen LogP contribution in [0.3, 0.4) is 0 Å². The summed E-state index contributed by atoms with van der Waals surface area (Å²) in [4.78, 5) is 25.3. The molecular weight excluding hydrogens is 382 g/mol. The van der Waals surface area contributed by atoms with Gasteiger partial charge in [0.15, 0.2) is 17.0 Å². The second-order valence-electron chi connectivity index (χ2n) is 7.76. The number of amides is 1. The van der Waals surface area contributed by atoms with Crippen molar-refractivity contribution in [1.29, 1.82) is 0 Å². The van der Waals surface area contributed by atoms with Gasteiger partial charge in [-0.25, -0.2) is 9.97 Å². The number of piperazine rings is 1. The van der Waals surface area contributed by atoms with E-state index in [1.54, 1.807) is 11.0 Å². The van der Waals surface area contributed by atoms with Gasteiger partial charge in [0.05, 0.1) is 12.3 Å². The summed E-state index contributed by atoms with van der Waals surface area (Å²) in [6.07, 6.45) is 2.14. The van der Waals surface area contributed by atoms with E-state index in [1.807, 2.05) is 36.1 Å². The summed E-state index contributed by atoms with van der Waals surface area (Å²) < 4.78 is 7.21. The maximum absolute atomic E-state index is 12.3. The second kappa shape index (κ2) is 8.64. The van der Waals surface area contributed by atoms with Gasteiger partial charge >= 0.3 is 0 Å². The normalized spacial score (nSPS) is 14.5. The van der Waals surface area contributed by atoms with Gasteiger partial charge in [0, 0.05) is 32.6 Å². The Morgan fingerprint density at radius 1 is 1.10 bits per heavy atom. The van der Waals surface area contributed by atoms with E-state index in [2.05, 4.69) is 39.0 Å². The van der Waals surface area contributed by atoms with E-state index in [4.69, 9.17) is 4.74 Å². The molecule has 0 aliphatic carbocycles. The SMILES string of the molecule is CCOc1ccc(-n2nnc3c(N4CCN(C(=O)CC(C)C)CC4)ncnc32)cc1. The van der Waals surface area contributed by atoms with Gasteiger partial charge in [-0.1, -0.05) is 19.1 Å². The zero-order chi connectivity index (χ0) is 21.1. The van der Waals surface area contributed by atoms with Crippen LogP contribution >= 0.6 is 0 Å². The molecule has 1 aliphatic heterocycles. The number of hydrogen-bond acceptors (Lipinski definition) is 7. The van der Waals surface area contributed by atoms with Crippen molar-refractivity contribution in [3.63, 3.8) is 0 Å². The molecule has 2 aromatic heterocycles. The van der Waals surface area contributed by atoms with E-state index < -0.39 is 0 Å². The first-order valence-electron chi connectivity index (χ1n) is 10.4. The minimum absolute atomic E-state index is 0.221. The zero-order valence-corrected chi connectivity index (χ0v) is 17.7. The van der Waals surface area contributed by atoms with Crippen molar-refractivity contribution < 1.29 is 9.53 Å². The number of rotatable bonds is 6. The number of hydrogen-bond donors (Lipinski definition) is 0. The molecule has 30 heavy (non-hydrogen) atoms. The highest BCUT2D eigenvalue weighted by molar-refractivity contribution is 5.84. The Hall–Kier alpha value is -3.23. The lowest BCUT2D eigenvalue weighted by atomic mass is 10.1. The molecule has 1 aromatic carbocycles. The minimum atomic E-state index is 0.221. The van der Waals surface area contributed by atoms with E-state index in [0.717, 1.165) is 17.3 Å². The van der Waals surface area contributed by atoms with Gasteiger partial charge in [-0.05, 0) is 37.1 Å². The maximum atomic E-state index is 12.3. The van der Waals surface area contributed by atoms with Crippen LogP contribution < -0.4 is 9.64 Å². The van der Waals surface area contributed by atoms with E-state index in [1.165, 1.54) is 0 Å². The molecule has 3 aromatic rings. The molecule has 0 atom stereocenters. The topological polar surface area (TPSA) is 89.3 Å². The third-order valence-corrected chi connectivity index (χ3v) is 5.13. The fourth-order valence-corrected chi connectivity index (χ4v) is 3.64. The fourth-order valence-electron chi connectivity index (χ4n) is 3.64. The van der Waals surface area contributed by atoms with Gasteiger partial charge in [0.1, 0.15) is 12.1 Å². The van der Waals surface area contributed by atoms with Crippen LogP contribution in [0, 0.1) is 5.92 Å². The van der Waals surface area contributed by atoms with Gasteiger partial charge in [-0.2, -0.15) is 4.68 Å². The number of carbonyl (C=O) groups excluding carboxylic acids is 1. The van der Waals surface area contributed by atoms with Crippen LogP contribution in [-0.4, -0.2) is 68.6 Å². The molecule has 0 saturated carbocycles. The van der Waals surface area contributed by atoms with E-state index in [9.17, 15) is 4.79 Å². The van der Waals surface area contributed by atoms with Crippen LogP contribution in [0.5, 0.6) is 5.75 Å². The van der Waals surface area contributed by atoms with Gasteiger partial charge in [-0.3, -0.25) is 4.79 Å². The molecular formula is C21H27N7O2. The third-order valence-electron chi connectivity index (χ3n) is 5.13. The summed E-state index contributed by atoms with van der Waals surface area (Å²) in [6, 6.07) is 7.67. The standard InChI is InChI=1S/C21H27N7O2/c1-4-30-17-7-5-16(6-8-17)28-21-19(24-25-28)20(22-14-23-21)27-11-9-26(10-12-27)18(29)13-15(2)3/h5-8,14-15H,4,9-13H2,1-3H3. The summed E-state index contributed by atoms with van der Waals surface area (Å²) >= 11 is 0. The number of benzene rings is 1. The lowest BCUT2D eigenvalue weighted by Crippen LogP contribution is -2.49. The number of nitrogens with zero attached hydrogens (tertiary/aromatic N) is 7. The monoisotopic (exact) mass is 409 g/mol. The van der Waals surface area contributed by atoms with Crippen molar-refractivity contribution >= 4 is 22.9 Å². The summed E-state index contributed by atoms with van der Waals surface area (Å²) in [5, 5.41) is 8.66. The largest absolute Gasteiger partial charge is 0.494 e. The minimum Gasteiger partial charge on any atom is -0.494 e. The highest BCUT2D eigenvalue weighted by Crippen LogP contribution is 2.24. The van der Waals surface area contributed by atoms with Crippen molar-refractivity contribution in [1.82, 2.24) is 29.9 Å². The quantitative estimate of drug-likeness (QED) is 0.617. The van der Waals surface area contributed by atoms with Crippen LogP contribution in [0.4, 0.5) is 5.82 Å². The van der Waals surface area contributed by atoms with Crippen molar-refractivity contribution in [3.05, 3.63) is 30.6 Å². The predicted octanol–water partition coefficient (Wildman–Crippen LogP) is 2.30. The van der Waals surface area contributed by atoms with E-state index in [0.29, 0.717) is 56.3 Å². The van der Waals surface area contributed by atoms with Gasteiger partial charge in [0.25, 0.3) is 0 Å². The summed E-state index contributed by atoms with van der Waals surface area (Å²) in [7, 11) is 0. The van der Waals surface area contributed by atoms with Crippen LogP contribution in [0.2, 0.25) is 0 Å². The van der Waals surface area contributed by atoms with Crippen molar-refractivity contribution in [2.75, 3.05) is 37.7 Å².